The molecule has 3 atom stereocenters. The highest BCUT2D eigenvalue weighted by Crippen LogP contribution is 1.89. The van der Waals surface area contributed by atoms with Crippen LogP contribution in [-0.2, 0) is 0 Å². The first-order chi connectivity index (χ1) is 4.20. The van der Waals surface area contributed by atoms with Crippen molar-refractivity contribution < 1.29 is 0 Å². The molecule has 0 amide bonds. The zero-order valence-electron chi connectivity index (χ0n) is 4.83. The van der Waals surface area contributed by atoms with Gasteiger partial charge in [-0.05, 0) is 16.7 Å². The van der Waals surface area contributed by atoms with Gasteiger partial charge in [-0.25, -0.2) is 0 Å². The minimum atomic E-state index is 0.992. The van der Waals surface area contributed by atoms with Crippen LogP contribution in [0.2, 0.25) is 0 Å². The van der Waals surface area contributed by atoms with Gasteiger partial charge in [0.05, 0.1) is 5.44 Å². The molecule has 0 aromatic carbocycles. The SMILES string of the molecule is Pc1cnc(P)c(P)c1. The van der Waals surface area contributed by atoms with Gasteiger partial charge >= 0.3 is 0 Å². The number of nitrogens with zero attached hydrogens (tertiary/aromatic N) is 1. The summed E-state index contributed by atoms with van der Waals surface area (Å²) in [6, 6.07) is 2.05. The minimum Gasteiger partial charge on any atom is -0.256 e. The molecule has 9 heavy (non-hydrogen) atoms. The van der Waals surface area contributed by atoms with Crippen LogP contribution < -0.4 is 16.0 Å². The molecule has 0 saturated carbocycles. The minimum absolute atomic E-state index is 0.992. The molecule has 48 valence electrons. The van der Waals surface area contributed by atoms with Crippen LogP contribution in [0.15, 0.2) is 12.3 Å². The summed E-state index contributed by atoms with van der Waals surface area (Å²) in [4.78, 5) is 4.10. The van der Waals surface area contributed by atoms with E-state index in [1.165, 1.54) is 0 Å². The van der Waals surface area contributed by atoms with E-state index in [-0.39, 0.29) is 0 Å². The molecule has 0 aliphatic carbocycles. The van der Waals surface area contributed by atoms with Gasteiger partial charge in [-0.3, -0.25) is 4.98 Å². The lowest BCUT2D eigenvalue weighted by molar-refractivity contribution is 1.44. The fourth-order valence-corrected chi connectivity index (χ4v) is 1.38. The topological polar surface area (TPSA) is 12.9 Å². The molecule has 0 fully saturated rings. The first kappa shape index (κ1) is 7.55. The van der Waals surface area contributed by atoms with E-state index in [0.717, 1.165) is 16.0 Å². The Labute approximate surface area is 61.6 Å². The van der Waals surface area contributed by atoms with Crippen LogP contribution in [-0.4, -0.2) is 4.98 Å². The van der Waals surface area contributed by atoms with Gasteiger partial charge in [-0.2, -0.15) is 0 Å². The quantitative estimate of drug-likeness (QED) is 0.488. The highest BCUT2D eigenvalue weighted by molar-refractivity contribution is 7.36. The summed E-state index contributed by atoms with van der Waals surface area (Å²) in [5.41, 5.74) is 0.992. The van der Waals surface area contributed by atoms with Crippen LogP contribution in [0.1, 0.15) is 0 Å². The second kappa shape index (κ2) is 3.02. The molecule has 1 heterocycles. The summed E-state index contributed by atoms with van der Waals surface area (Å²) in [6.07, 6.45) is 1.82. The molecule has 0 N–H and O–H groups in total. The molecule has 3 unspecified atom stereocenters. The number of rotatable bonds is 0. The molecule has 4 heteroatoms. The average molecular weight is 175 g/mol. The summed E-state index contributed by atoms with van der Waals surface area (Å²) < 4.78 is 0. The Morgan fingerprint density at radius 3 is 2.33 bits per heavy atom. The van der Waals surface area contributed by atoms with Crippen molar-refractivity contribution in [3.63, 3.8) is 0 Å². The van der Waals surface area contributed by atoms with Gasteiger partial charge in [0.15, 0.2) is 0 Å². The maximum atomic E-state index is 4.10. The van der Waals surface area contributed by atoms with E-state index >= 15 is 0 Å². The predicted molar refractivity (Wildman–Crippen MR) is 52.3 cm³/mol. The van der Waals surface area contributed by atoms with Crippen LogP contribution in [0.25, 0.3) is 0 Å². The molecule has 1 aromatic heterocycles. The highest BCUT2D eigenvalue weighted by atomic mass is 31.0. The van der Waals surface area contributed by atoms with E-state index in [2.05, 4.69) is 32.7 Å². The van der Waals surface area contributed by atoms with E-state index in [0.29, 0.717) is 0 Å². The Morgan fingerprint density at radius 2 is 1.89 bits per heavy atom. The Kier molecular flexibility index (Phi) is 2.53. The lowest BCUT2D eigenvalue weighted by Crippen LogP contribution is -2.18. The van der Waals surface area contributed by atoms with E-state index in [1.807, 2.05) is 12.3 Å². The Bertz CT molecular complexity index is 223. The zero-order valence-corrected chi connectivity index (χ0v) is 8.30. The molecule has 0 aliphatic heterocycles. The van der Waals surface area contributed by atoms with Crippen LogP contribution in [0, 0.1) is 0 Å². The predicted octanol–water partition coefficient (Wildman–Crippen LogP) is -0.417. The Morgan fingerprint density at radius 1 is 1.22 bits per heavy atom. The molecule has 0 radical (unpaired) electrons. The fraction of sp³-hybridized carbons (Fsp3) is 0. The first-order valence-corrected chi connectivity index (χ1v) is 4.20. The third-order valence-electron chi connectivity index (χ3n) is 0.971. The monoisotopic (exact) mass is 175 g/mol. The zero-order chi connectivity index (χ0) is 6.85. The third-order valence-corrected chi connectivity index (χ3v) is 2.56. The van der Waals surface area contributed by atoms with Gasteiger partial charge in [0.2, 0.25) is 0 Å². The number of aromatic nitrogens is 1. The third kappa shape index (κ3) is 1.94. The van der Waals surface area contributed by atoms with Crippen molar-refractivity contribution >= 4 is 43.8 Å². The summed E-state index contributed by atoms with van der Waals surface area (Å²) >= 11 is 0. The van der Waals surface area contributed by atoms with E-state index in [1.54, 1.807) is 0 Å². The molecule has 0 aliphatic rings. The fourth-order valence-electron chi connectivity index (χ4n) is 0.509. The van der Waals surface area contributed by atoms with Crippen LogP contribution >= 0.6 is 27.7 Å². The Balaban J connectivity index is 3.17. The lowest BCUT2D eigenvalue weighted by atomic mass is 10.5. The van der Waals surface area contributed by atoms with Gasteiger partial charge in [-0.15, -0.1) is 18.5 Å². The first-order valence-electron chi connectivity index (χ1n) is 2.46. The molecule has 1 rings (SSSR count). The van der Waals surface area contributed by atoms with Crippen LogP contribution in [0.5, 0.6) is 0 Å². The summed E-state index contributed by atoms with van der Waals surface area (Å²) in [5, 5.41) is 2.25. The smallest absolute Gasteiger partial charge is 0.0640 e. The van der Waals surface area contributed by atoms with Gasteiger partial charge in [0.1, 0.15) is 0 Å². The van der Waals surface area contributed by atoms with Gasteiger partial charge in [0.25, 0.3) is 0 Å². The molecule has 1 aromatic rings. The number of hydrogen-bond acceptors (Lipinski definition) is 1. The normalized spacial score (nSPS) is 9.67. The van der Waals surface area contributed by atoms with E-state index < -0.39 is 0 Å². The number of hydrogen-bond donors (Lipinski definition) is 0. The number of pyridine rings is 1. The molecule has 0 bridgehead atoms. The summed E-state index contributed by atoms with van der Waals surface area (Å²) in [6.45, 7) is 0. The second-order valence-corrected chi connectivity index (χ2v) is 3.58. The largest absolute Gasteiger partial charge is 0.256 e. The van der Waals surface area contributed by atoms with Gasteiger partial charge in [0, 0.05) is 6.20 Å². The molecule has 0 spiro atoms. The maximum Gasteiger partial charge on any atom is 0.0640 e. The summed E-state index contributed by atoms with van der Waals surface area (Å²) in [5.74, 6) is 0. The van der Waals surface area contributed by atoms with E-state index in [4.69, 9.17) is 0 Å². The van der Waals surface area contributed by atoms with Crippen LogP contribution in [0.3, 0.4) is 0 Å². The molecule has 0 saturated heterocycles. The van der Waals surface area contributed by atoms with Crippen molar-refractivity contribution in [3.8, 4) is 0 Å². The Hall–Kier alpha value is 0.440. The van der Waals surface area contributed by atoms with Crippen molar-refractivity contribution in [2.75, 3.05) is 0 Å². The highest BCUT2D eigenvalue weighted by Gasteiger charge is 1.91. The second-order valence-electron chi connectivity index (χ2n) is 1.74. The average Bonchev–Trinajstić information content (AvgIpc) is 1.80. The lowest BCUT2D eigenvalue weighted by Gasteiger charge is -1.96. The maximum absolute atomic E-state index is 4.10. The van der Waals surface area contributed by atoms with Crippen molar-refractivity contribution in [2.45, 2.75) is 0 Å². The van der Waals surface area contributed by atoms with Gasteiger partial charge in [-0.1, -0.05) is 9.24 Å². The van der Waals surface area contributed by atoms with Crippen molar-refractivity contribution in [2.24, 2.45) is 0 Å². The van der Waals surface area contributed by atoms with Crippen molar-refractivity contribution in [1.29, 1.82) is 0 Å². The molecule has 1 nitrogen and oxygen atoms in total. The van der Waals surface area contributed by atoms with Gasteiger partial charge < -0.3 is 0 Å². The van der Waals surface area contributed by atoms with Crippen molar-refractivity contribution in [3.05, 3.63) is 12.3 Å². The summed E-state index contributed by atoms with van der Waals surface area (Å²) in [7, 11) is 7.79. The van der Waals surface area contributed by atoms with Crippen molar-refractivity contribution in [1.82, 2.24) is 4.98 Å². The van der Waals surface area contributed by atoms with Crippen LogP contribution in [0.4, 0.5) is 0 Å². The standard InChI is InChI=1S/C5H8NP3/c7-3-1-4(8)5(9)6-2-3/h1-2H,7-9H2. The van der Waals surface area contributed by atoms with E-state index in [9.17, 15) is 0 Å². The molecular formula is C5H8NP3. The molecular weight excluding hydrogens is 167 g/mol.